The fourth-order valence-electron chi connectivity index (χ4n) is 3.31. The maximum absolute atomic E-state index is 12.5. The largest absolute Gasteiger partial charge is 0.339 e. The van der Waals surface area contributed by atoms with E-state index in [0.717, 1.165) is 25.7 Å². The van der Waals surface area contributed by atoms with E-state index in [0.29, 0.717) is 26.2 Å². The van der Waals surface area contributed by atoms with Crippen LogP contribution in [0, 0.1) is 11.3 Å². The summed E-state index contributed by atoms with van der Waals surface area (Å²) in [5, 5.41) is 0. The van der Waals surface area contributed by atoms with Crippen LogP contribution in [0.4, 0.5) is 0 Å². The van der Waals surface area contributed by atoms with E-state index in [1.54, 1.807) is 0 Å². The smallest absolute Gasteiger partial charge is 0.228 e. The summed E-state index contributed by atoms with van der Waals surface area (Å²) in [6.07, 6.45) is 3.88. The highest BCUT2D eigenvalue weighted by atomic mass is 16.2. The highest BCUT2D eigenvalue weighted by Crippen LogP contribution is 2.26. The molecule has 1 aliphatic carbocycles. The summed E-state index contributed by atoms with van der Waals surface area (Å²) < 4.78 is 0. The quantitative estimate of drug-likeness (QED) is 0.791. The van der Waals surface area contributed by atoms with Crippen molar-refractivity contribution in [1.82, 2.24) is 9.80 Å². The maximum Gasteiger partial charge on any atom is 0.228 e. The second kappa shape index (κ2) is 6.34. The zero-order valence-corrected chi connectivity index (χ0v) is 13.6. The highest BCUT2D eigenvalue weighted by molar-refractivity contribution is 5.82. The predicted molar refractivity (Wildman–Crippen MR) is 82.5 cm³/mol. The lowest BCUT2D eigenvalue weighted by Gasteiger charge is -2.39. The monoisotopic (exact) mass is 295 g/mol. The fourth-order valence-corrected chi connectivity index (χ4v) is 3.31. The van der Waals surface area contributed by atoms with Gasteiger partial charge in [-0.25, -0.2) is 0 Å². The van der Waals surface area contributed by atoms with E-state index in [4.69, 9.17) is 5.73 Å². The van der Waals surface area contributed by atoms with Gasteiger partial charge in [0.05, 0.1) is 0 Å². The Bertz CT molecular complexity index is 395. The van der Waals surface area contributed by atoms with Crippen molar-refractivity contribution in [3.63, 3.8) is 0 Å². The van der Waals surface area contributed by atoms with Gasteiger partial charge < -0.3 is 15.5 Å². The van der Waals surface area contributed by atoms with Crippen LogP contribution < -0.4 is 5.73 Å². The number of nitrogens with zero attached hydrogens (tertiary/aromatic N) is 2. The number of amides is 2. The van der Waals surface area contributed by atoms with Gasteiger partial charge >= 0.3 is 0 Å². The number of carbonyl (C=O) groups is 2. The topological polar surface area (TPSA) is 66.6 Å². The second-order valence-electron chi connectivity index (χ2n) is 7.49. The third-order valence-electron chi connectivity index (χ3n) is 4.58. The summed E-state index contributed by atoms with van der Waals surface area (Å²) >= 11 is 0. The van der Waals surface area contributed by atoms with E-state index in [1.807, 2.05) is 30.6 Å². The van der Waals surface area contributed by atoms with Crippen LogP contribution in [0.3, 0.4) is 0 Å². The van der Waals surface area contributed by atoms with Crippen LogP contribution in [0.2, 0.25) is 0 Å². The van der Waals surface area contributed by atoms with Crippen molar-refractivity contribution in [1.29, 1.82) is 0 Å². The Morgan fingerprint density at radius 3 is 2.10 bits per heavy atom. The molecule has 2 rings (SSSR count). The van der Waals surface area contributed by atoms with E-state index in [-0.39, 0.29) is 29.2 Å². The molecule has 1 saturated heterocycles. The molecule has 2 fully saturated rings. The Morgan fingerprint density at radius 1 is 1.00 bits per heavy atom. The van der Waals surface area contributed by atoms with Gasteiger partial charge in [0.2, 0.25) is 11.8 Å². The Morgan fingerprint density at radius 2 is 1.57 bits per heavy atom. The summed E-state index contributed by atoms with van der Waals surface area (Å²) in [6, 6.07) is 0.177. The van der Waals surface area contributed by atoms with E-state index < -0.39 is 0 Å². The minimum absolute atomic E-state index is 0.0959. The molecule has 2 aliphatic rings. The van der Waals surface area contributed by atoms with Gasteiger partial charge in [-0.1, -0.05) is 27.2 Å². The number of piperazine rings is 1. The molecule has 2 unspecified atom stereocenters. The zero-order valence-electron chi connectivity index (χ0n) is 13.6. The number of hydrogen-bond donors (Lipinski definition) is 1. The van der Waals surface area contributed by atoms with Gasteiger partial charge in [0.25, 0.3) is 0 Å². The molecule has 1 saturated carbocycles. The van der Waals surface area contributed by atoms with Crippen molar-refractivity contribution in [2.45, 2.75) is 52.5 Å². The van der Waals surface area contributed by atoms with Crippen molar-refractivity contribution >= 4 is 11.8 Å². The maximum atomic E-state index is 12.5. The molecule has 2 amide bonds. The molecule has 0 radical (unpaired) electrons. The molecule has 0 spiro atoms. The predicted octanol–water partition coefficient (Wildman–Crippen LogP) is 1.22. The zero-order chi connectivity index (χ0) is 15.6. The van der Waals surface area contributed by atoms with Crippen molar-refractivity contribution in [2.24, 2.45) is 17.1 Å². The summed E-state index contributed by atoms with van der Waals surface area (Å²) in [5.41, 5.74) is 5.63. The molecule has 0 bridgehead atoms. The van der Waals surface area contributed by atoms with E-state index in [1.165, 1.54) is 0 Å². The van der Waals surface area contributed by atoms with Gasteiger partial charge in [0.15, 0.2) is 0 Å². The third-order valence-corrected chi connectivity index (χ3v) is 4.58. The van der Waals surface area contributed by atoms with Crippen molar-refractivity contribution < 1.29 is 9.59 Å². The van der Waals surface area contributed by atoms with Gasteiger partial charge in [-0.2, -0.15) is 0 Å². The first-order valence-corrected chi connectivity index (χ1v) is 8.13. The number of carbonyl (C=O) groups excluding carboxylic acids is 2. The summed E-state index contributed by atoms with van der Waals surface area (Å²) in [5.74, 6) is 0.515. The summed E-state index contributed by atoms with van der Waals surface area (Å²) in [6.45, 7) is 8.45. The lowest BCUT2D eigenvalue weighted by molar-refractivity contribution is -0.146. The second-order valence-corrected chi connectivity index (χ2v) is 7.49. The SMILES string of the molecule is CC(C)(C)C(=O)N1CCN(C(=O)C2CCCC(N)C2)CC1. The van der Waals surface area contributed by atoms with Gasteiger partial charge in [0, 0.05) is 43.6 Å². The first-order valence-electron chi connectivity index (χ1n) is 8.13. The van der Waals surface area contributed by atoms with E-state index in [9.17, 15) is 9.59 Å². The normalized spacial score (nSPS) is 27.6. The Hall–Kier alpha value is -1.10. The molecule has 0 aromatic carbocycles. The van der Waals surface area contributed by atoms with Gasteiger partial charge in [-0.3, -0.25) is 9.59 Å². The fraction of sp³-hybridized carbons (Fsp3) is 0.875. The first kappa shape index (κ1) is 16.3. The van der Waals surface area contributed by atoms with Crippen LogP contribution in [0.1, 0.15) is 46.5 Å². The van der Waals surface area contributed by atoms with Crippen LogP contribution in [-0.4, -0.2) is 53.8 Å². The minimum atomic E-state index is -0.345. The van der Waals surface area contributed by atoms with Crippen LogP contribution in [0.15, 0.2) is 0 Å². The minimum Gasteiger partial charge on any atom is -0.339 e. The van der Waals surface area contributed by atoms with Crippen molar-refractivity contribution in [2.75, 3.05) is 26.2 Å². The molecule has 21 heavy (non-hydrogen) atoms. The van der Waals surface area contributed by atoms with Crippen molar-refractivity contribution in [3.8, 4) is 0 Å². The molecule has 5 heteroatoms. The van der Waals surface area contributed by atoms with Crippen LogP contribution >= 0.6 is 0 Å². The lowest BCUT2D eigenvalue weighted by atomic mass is 9.85. The van der Waals surface area contributed by atoms with Crippen LogP contribution in [0.5, 0.6) is 0 Å². The van der Waals surface area contributed by atoms with E-state index in [2.05, 4.69) is 0 Å². The average molecular weight is 295 g/mol. The molecule has 2 atom stereocenters. The van der Waals surface area contributed by atoms with Gasteiger partial charge in [-0.15, -0.1) is 0 Å². The molecular formula is C16H29N3O2. The molecule has 1 aliphatic heterocycles. The van der Waals surface area contributed by atoms with Gasteiger partial charge in [-0.05, 0) is 19.3 Å². The van der Waals surface area contributed by atoms with Crippen LogP contribution in [0.25, 0.3) is 0 Å². The molecule has 5 nitrogen and oxygen atoms in total. The lowest BCUT2D eigenvalue weighted by Crippen LogP contribution is -2.54. The first-order chi connectivity index (χ1) is 9.79. The molecule has 2 N–H and O–H groups in total. The number of rotatable bonds is 1. The number of hydrogen-bond acceptors (Lipinski definition) is 3. The Balaban J connectivity index is 1.86. The van der Waals surface area contributed by atoms with Crippen LogP contribution in [-0.2, 0) is 9.59 Å². The van der Waals surface area contributed by atoms with Crippen molar-refractivity contribution in [3.05, 3.63) is 0 Å². The summed E-state index contributed by atoms with van der Waals surface area (Å²) in [4.78, 5) is 28.6. The molecule has 0 aromatic rings. The summed E-state index contributed by atoms with van der Waals surface area (Å²) in [7, 11) is 0. The Labute approximate surface area is 127 Å². The third kappa shape index (κ3) is 3.96. The van der Waals surface area contributed by atoms with E-state index >= 15 is 0 Å². The highest BCUT2D eigenvalue weighted by Gasteiger charge is 2.33. The molecule has 120 valence electrons. The molecule has 0 aromatic heterocycles. The number of nitrogens with two attached hydrogens (primary N) is 1. The van der Waals surface area contributed by atoms with Gasteiger partial charge in [0.1, 0.15) is 0 Å². The molecule has 1 heterocycles. The average Bonchev–Trinajstić information content (AvgIpc) is 2.45. The molecular weight excluding hydrogens is 266 g/mol. The standard InChI is InChI=1S/C16H29N3O2/c1-16(2,3)15(21)19-9-7-18(8-10-19)14(20)12-5-4-6-13(17)11-12/h12-13H,4-11,17H2,1-3H3. The Kier molecular flexibility index (Phi) is 4.91.